The number of nitrogens with one attached hydrogen (secondary N) is 1. The number of nitrogens with zero attached hydrogens (tertiary/aromatic N) is 1. The highest BCUT2D eigenvalue weighted by Crippen LogP contribution is 2.21. The fourth-order valence-corrected chi connectivity index (χ4v) is 3.83. The maximum absolute atomic E-state index is 11.6. The Balaban J connectivity index is 2.11. The van der Waals surface area contributed by atoms with Gasteiger partial charge < -0.3 is 0 Å². The van der Waals surface area contributed by atoms with Gasteiger partial charge in [0.15, 0.2) is 9.84 Å². The summed E-state index contributed by atoms with van der Waals surface area (Å²) in [5.41, 5.74) is 0. The van der Waals surface area contributed by atoms with E-state index in [4.69, 9.17) is 0 Å². The summed E-state index contributed by atoms with van der Waals surface area (Å²) in [6.07, 6.45) is 0.599. The van der Waals surface area contributed by atoms with Gasteiger partial charge >= 0.3 is 6.03 Å². The number of carbonyl (C=O) groups excluding carboxylic acids is 3. The summed E-state index contributed by atoms with van der Waals surface area (Å²) in [5, 5.41) is 1.30. The predicted octanol–water partition coefficient (Wildman–Crippen LogP) is -0.968. The number of carbonyl (C=O) groups is 3. The third-order valence-electron chi connectivity index (χ3n) is 2.95. The van der Waals surface area contributed by atoms with E-state index in [1.54, 1.807) is 0 Å². The summed E-state index contributed by atoms with van der Waals surface area (Å²) in [6, 6.07) is -0.826. The zero-order valence-corrected chi connectivity index (χ0v) is 9.83. The zero-order valence-electron chi connectivity index (χ0n) is 9.01. The molecule has 0 aromatic carbocycles. The van der Waals surface area contributed by atoms with Crippen LogP contribution in [0.15, 0.2) is 0 Å². The Morgan fingerprint density at radius 3 is 2.53 bits per heavy atom. The molecule has 4 amide bonds. The Kier molecular flexibility index (Phi) is 2.90. The first-order chi connectivity index (χ1) is 7.90. The quantitative estimate of drug-likeness (QED) is 0.644. The molecule has 2 rings (SSSR count). The molecule has 1 unspecified atom stereocenters. The van der Waals surface area contributed by atoms with Crippen LogP contribution in [0.25, 0.3) is 0 Å². The molecule has 0 aromatic rings. The van der Waals surface area contributed by atoms with Crippen LogP contribution in [-0.4, -0.2) is 48.7 Å². The summed E-state index contributed by atoms with van der Waals surface area (Å²) in [6.45, 7) is -0.153. The van der Waals surface area contributed by atoms with Crippen LogP contribution < -0.4 is 5.32 Å². The van der Waals surface area contributed by atoms with Gasteiger partial charge in [0, 0.05) is 6.54 Å². The summed E-state index contributed by atoms with van der Waals surface area (Å²) in [4.78, 5) is 34.6. The summed E-state index contributed by atoms with van der Waals surface area (Å²) < 4.78 is 23.2. The molecule has 2 saturated heterocycles. The molecular formula is C9H12N2O5S. The topological polar surface area (TPSA) is 101 Å². The van der Waals surface area contributed by atoms with Gasteiger partial charge in [-0.1, -0.05) is 0 Å². The predicted molar refractivity (Wildman–Crippen MR) is 56.7 cm³/mol. The third-order valence-corrected chi connectivity index (χ3v) is 5.21. The number of barbiturate groups is 1. The van der Waals surface area contributed by atoms with Gasteiger partial charge in [-0.05, 0) is 12.8 Å². The maximum Gasteiger partial charge on any atom is 0.330 e. The summed E-state index contributed by atoms with van der Waals surface area (Å²) in [7, 11) is -3.21. The van der Waals surface area contributed by atoms with Crippen LogP contribution in [0.3, 0.4) is 0 Å². The van der Waals surface area contributed by atoms with Crippen molar-refractivity contribution in [2.75, 3.05) is 12.3 Å². The van der Waals surface area contributed by atoms with Crippen LogP contribution in [0, 0.1) is 0 Å². The van der Waals surface area contributed by atoms with Crippen molar-refractivity contribution in [2.24, 2.45) is 0 Å². The fourth-order valence-electron chi connectivity index (χ4n) is 2.03. The Bertz CT molecular complexity index is 464. The van der Waals surface area contributed by atoms with E-state index >= 15 is 0 Å². The third kappa shape index (κ3) is 2.31. The van der Waals surface area contributed by atoms with Crippen LogP contribution in [0.5, 0.6) is 0 Å². The van der Waals surface area contributed by atoms with E-state index in [0.29, 0.717) is 12.8 Å². The van der Waals surface area contributed by atoms with Gasteiger partial charge in [-0.15, -0.1) is 0 Å². The highest BCUT2D eigenvalue weighted by Gasteiger charge is 2.38. The average Bonchev–Trinajstić information content (AvgIpc) is 2.51. The molecule has 8 heteroatoms. The van der Waals surface area contributed by atoms with Crippen LogP contribution in [0.1, 0.15) is 19.3 Å². The lowest BCUT2D eigenvalue weighted by Gasteiger charge is -2.26. The van der Waals surface area contributed by atoms with Crippen molar-refractivity contribution in [3.05, 3.63) is 0 Å². The first-order valence-corrected chi connectivity index (χ1v) is 6.97. The van der Waals surface area contributed by atoms with Crippen LogP contribution in [0.4, 0.5) is 4.79 Å². The first-order valence-electron chi connectivity index (χ1n) is 5.26. The number of sulfone groups is 1. The highest BCUT2D eigenvalue weighted by molar-refractivity contribution is 7.92. The average molecular weight is 260 g/mol. The zero-order chi connectivity index (χ0) is 12.6. The van der Waals surface area contributed by atoms with Gasteiger partial charge in [-0.25, -0.2) is 13.2 Å². The fraction of sp³-hybridized carbons (Fsp3) is 0.667. The second-order valence-corrected chi connectivity index (χ2v) is 6.57. The Labute approximate surface area is 98.1 Å². The Hall–Kier alpha value is -1.44. The standard InChI is InChI=1S/C9H12N2O5S/c12-7-4-8(13)11(9(14)10-7)5-6-2-1-3-17(6,15)16/h6H,1-5H2,(H,10,12,14). The molecule has 1 atom stereocenters. The molecule has 7 nitrogen and oxygen atoms in total. The number of hydrogen-bond donors (Lipinski definition) is 1. The van der Waals surface area contributed by atoms with Gasteiger partial charge in [-0.3, -0.25) is 19.8 Å². The van der Waals surface area contributed by atoms with Gasteiger partial charge in [-0.2, -0.15) is 0 Å². The van der Waals surface area contributed by atoms with Crippen molar-refractivity contribution in [1.82, 2.24) is 10.2 Å². The lowest BCUT2D eigenvalue weighted by molar-refractivity contribution is -0.136. The molecule has 0 aliphatic carbocycles. The molecule has 2 heterocycles. The SMILES string of the molecule is O=C1CC(=O)N(CC2CCCS2(=O)=O)C(=O)N1. The van der Waals surface area contributed by atoms with Crippen molar-refractivity contribution in [1.29, 1.82) is 0 Å². The van der Waals surface area contributed by atoms with Gasteiger partial charge in [0.2, 0.25) is 11.8 Å². The van der Waals surface area contributed by atoms with Crippen LogP contribution in [0.2, 0.25) is 0 Å². The van der Waals surface area contributed by atoms with Crippen molar-refractivity contribution in [3.63, 3.8) is 0 Å². The van der Waals surface area contributed by atoms with Crippen LogP contribution >= 0.6 is 0 Å². The van der Waals surface area contributed by atoms with Gasteiger partial charge in [0.1, 0.15) is 6.42 Å². The van der Waals surface area contributed by atoms with Gasteiger partial charge in [0.25, 0.3) is 0 Å². The Morgan fingerprint density at radius 1 is 1.29 bits per heavy atom. The van der Waals surface area contributed by atoms with E-state index in [0.717, 1.165) is 4.90 Å². The lowest BCUT2D eigenvalue weighted by Crippen LogP contribution is -2.55. The molecular weight excluding hydrogens is 248 g/mol. The minimum atomic E-state index is -3.21. The van der Waals surface area contributed by atoms with Crippen molar-refractivity contribution < 1.29 is 22.8 Å². The van der Waals surface area contributed by atoms with Crippen molar-refractivity contribution in [2.45, 2.75) is 24.5 Å². The smallest absolute Gasteiger partial charge is 0.277 e. The first kappa shape index (κ1) is 12.0. The normalized spacial score (nSPS) is 28.4. The Morgan fingerprint density at radius 2 is 2.00 bits per heavy atom. The van der Waals surface area contributed by atoms with E-state index in [1.165, 1.54) is 0 Å². The second-order valence-electron chi connectivity index (χ2n) is 4.17. The lowest BCUT2D eigenvalue weighted by atomic mass is 10.2. The summed E-state index contributed by atoms with van der Waals surface area (Å²) >= 11 is 0. The van der Waals surface area contributed by atoms with Crippen molar-refractivity contribution in [3.8, 4) is 0 Å². The number of hydrogen-bond acceptors (Lipinski definition) is 5. The number of imide groups is 2. The van der Waals surface area contributed by atoms with E-state index in [9.17, 15) is 22.8 Å². The monoisotopic (exact) mass is 260 g/mol. The molecule has 0 bridgehead atoms. The van der Waals surface area contributed by atoms with Crippen molar-refractivity contribution >= 4 is 27.7 Å². The maximum atomic E-state index is 11.6. The number of amides is 4. The molecule has 1 N–H and O–H groups in total. The highest BCUT2D eigenvalue weighted by atomic mass is 32.2. The van der Waals surface area contributed by atoms with Gasteiger partial charge in [0.05, 0.1) is 11.0 Å². The number of rotatable bonds is 2. The minimum Gasteiger partial charge on any atom is -0.277 e. The number of urea groups is 1. The molecule has 0 spiro atoms. The molecule has 2 aliphatic rings. The molecule has 0 radical (unpaired) electrons. The minimum absolute atomic E-state index is 0.0975. The molecule has 0 aromatic heterocycles. The second kappa shape index (κ2) is 4.10. The van der Waals surface area contributed by atoms with E-state index in [-0.39, 0.29) is 12.3 Å². The molecule has 2 fully saturated rings. The van der Waals surface area contributed by atoms with E-state index in [2.05, 4.69) is 0 Å². The molecule has 0 saturated carbocycles. The molecule has 2 aliphatic heterocycles. The molecule has 17 heavy (non-hydrogen) atoms. The van der Waals surface area contributed by atoms with E-state index < -0.39 is 39.4 Å². The molecule has 94 valence electrons. The largest absolute Gasteiger partial charge is 0.330 e. The summed E-state index contributed by atoms with van der Waals surface area (Å²) in [5.74, 6) is -1.19. The van der Waals surface area contributed by atoms with Crippen LogP contribution in [-0.2, 0) is 19.4 Å². The van der Waals surface area contributed by atoms with E-state index in [1.807, 2.05) is 5.32 Å².